The second-order valence-electron chi connectivity index (χ2n) is 5.50. The molecule has 18 heavy (non-hydrogen) atoms. The van der Waals surface area contributed by atoms with E-state index in [0.717, 1.165) is 0 Å². The standard InChI is InChI=1S/C13H19ClN2O2/c1-13(2,3)7-10(17)8-16-12(18)9-4-5-15-11(14)6-9/h4-6,10,17H,7-8H2,1-3H3,(H,16,18). The number of aliphatic hydroxyl groups excluding tert-OH is 1. The van der Waals surface area contributed by atoms with Crippen LogP contribution in [0.5, 0.6) is 0 Å². The Labute approximate surface area is 112 Å². The lowest BCUT2D eigenvalue weighted by atomic mass is 9.89. The molecule has 2 N–H and O–H groups in total. The first kappa shape index (κ1) is 14.9. The summed E-state index contributed by atoms with van der Waals surface area (Å²) in [6.45, 7) is 6.36. The molecule has 0 bridgehead atoms. The molecule has 1 aromatic rings. The summed E-state index contributed by atoms with van der Waals surface area (Å²) in [6, 6.07) is 3.07. The van der Waals surface area contributed by atoms with Crippen molar-refractivity contribution in [1.29, 1.82) is 0 Å². The first-order valence-electron chi connectivity index (χ1n) is 5.86. The van der Waals surface area contributed by atoms with Crippen LogP contribution in [0.25, 0.3) is 0 Å². The molecule has 0 radical (unpaired) electrons. The molecule has 100 valence electrons. The number of hydrogen-bond donors (Lipinski definition) is 2. The highest BCUT2D eigenvalue weighted by Crippen LogP contribution is 2.20. The highest BCUT2D eigenvalue weighted by Gasteiger charge is 2.17. The third kappa shape index (κ3) is 5.47. The van der Waals surface area contributed by atoms with E-state index in [1.54, 1.807) is 6.07 Å². The highest BCUT2D eigenvalue weighted by atomic mass is 35.5. The van der Waals surface area contributed by atoms with Crippen LogP contribution >= 0.6 is 11.6 Å². The lowest BCUT2D eigenvalue weighted by molar-refractivity contribution is 0.0868. The fraction of sp³-hybridized carbons (Fsp3) is 0.538. The molecule has 1 amide bonds. The molecule has 1 unspecified atom stereocenters. The van der Waals surface area contributed by atoms with Gasteiger partial charge in [0.05, 0.1) is 6.10 Å². The van der Waals surface area contributed by atoms with E-state index in [4.69, 9.17) is 11.6 Å². The lowest BCUT2D eigenvalue weighted by Gasteiger charge is -2.22. The van der Waals surface area contributed by atoms with E-state index in [1.165, 1.54) is 12.3 Å². The number of aromatic nitrogens is 1. The molecule has 0 aromatic carbocycles. The van der Waals surface area contributed by atoms with Crippen LogP contribution in [-0.2, 0) is 0 Å². The number of carbonyl (C=O) groups excluding carboxylic acids is 1. The molecule has 0 fully saturated rings. The molecule has 1 heterocycles. The number of carbonyl (C=O) groups is 1. The van der Waals surface area contributed by atoms with Crippen LogP contribution in [0.2, 0.25) is 5.15 Å². The van der Waals surface area contributed by atoms with Gasteiger partial charge in [-0.15, -0.1) is 0 Å². The van der Waals surface area contributed by atoms with E-state index < -0.39 is 6.10 Å². The van der Waals surface area contributed by atoms with Gasteiger partial charge in [-0.25, -0.2) is 4.98 Å². The number of amides is 1. The molecule has 1 rings (SSSR count). The van der Waals surface area contributed by atoms with Crippen molar-refractivity contribution in [2.24, 2.45) is 5.41 Å². The van der Waals surface area contributed by atoms with Crippen LogP contribution in [0.4, 0.5) is 0 Å². The summed E-state index contributed by atoms with van der Waals surface area (Å²) in [5.41, 5.74) is 0.474. The molecule has 0 aliphatic carbocycles. The number of aliphatic hydroxyl groups is 1. The number of rotatable bonds is 4. The van der Waals surface area contributed by atoms with Crippen molar-refractivity contribution < 1.29 is 9.90 Å². The molecule has 5 heteroatoms. The Bertz CT molecular complexity index is 416. The third-order valence-corrected chi connectivity index (χ3v) is 2.54. The Hall–Kier alpha value is -1.13. The molecule has 0 saturated heterocycles. The number of hydrogen-bond acceptors (Lipinski definition) is 3. The zero-order chi connectivity index (χ0) is 13.8. The van der Waals surface area contributed by atoms with Gasteiger partial charge in [-0.3, -0.25) is 4.79 Å². The van der Waals surface area contributed by atoms with Gasteiger partial charge in [0.2, 0.25) is 0 Å². The monoisotopic (exact) mass is 270 g/mol. The Morgan fingerprint density at radius 2 is 2.22 bits per heavy atom. The van der Waals surface area contributed by atoms with Gasteiger partial charge in [0.15, 0.2) is 0 Å². The number of nitrogens with zero attached hydrogens (tertiary/aromatic N) is 1. The van der Waals surface area contributed by atoms with Crippen molar-refractivity contribution in [3.63, 3.8) is 0 Å². The summed E-state index contributed by atoms with van der Waals surface area (Å²) >= 11 is 5.70. The Morgan fingerprint density at radius 3 is 2.78 bits per heavy atom. The first-order valence-corrected chi connectivity index (χ1v) is 6.23. The van der Waals surface area contributed by atoms with Gasteiger partial charge in [0, 0.05) is 18.3 Å². The summed E-state index contributed by atoms with van der Waals surface area (Å²) in [4.78, 5) is 15.6. The van der Waals surface area contributed by atoms with Gasteiger partial charge in [0.1, 0.15) is 5.15 Å². The molecule has 1 atom stereocenters. The largest absolute Gasteiger partial charge is 0.391 e. The number of nitrogens with one attached hydrogen (secondary N) is 1. The van der Waals surface area contributed by atoms with E-state index in [9.17, 15) is 9.90 Å². The van der Waals surface area contributed by atoms with Gasteiger partial charge < -0.3 is 10.4 Å². The van der Waals surface area contributed by atoms with Crippen LogP contribution < -0.4 is 5.32 Å². The zero-order valence-corrected chi connectivity index (χ0v) is 11.7. The minimum absolute atomic E-state index is 0.0319. The predicted molar refractivity (Wildman–Crippen MR) is 71.7 cm³/mol. The minimum Gasteiger partial charge on any atom is -0.391 e. The quantitative estimate of drug-likeness (QED) is 0.825. The molecule has 0 saturated carbocycles. The highest BCUT2D eigenvalue weighted by molar-refractivity contribution is 6.29. The van der Waals surface area contributed by atoms with Gasteiger partial charge in [-0.2, -0.15) is 0 Å². The Balaban J connectivity index is 2.47. The summed E-state index contributed by atoms with van der Waals surface area (Å²) in [7, 11) is 0. The molecule has 1 aromatic heterocycles. The van der Waals surface area contributed by atoms with Crippen LogP contribution in [0.3, 0.4) is 0 Å². The molecule has 0 aliphatic rings. The molecule has 0 spiro atoms. The van der Waals surface area contributed by atoms with Gasteiger partial charge in [-0.05, 0) is 24.0 Å². The third-order valence-electron chi connectivity index (χ3n) is 2.33. The van der Waals surface area contributed by atoms with Crippen LogP contribution in [0.15, 0.2) is 18.3 Å². The van der Waals surface area contributed by atoms with Crippen molar-refractivity contribution in [1.82, 2.24) is 10.3 Å². The number of pyridine rings is 1. The molecular formula is C13H19ClN2O2. The van der Waals surface area contributed by atoms with Gasteiger partial charge in [-0.1, -0.05) is 32.4 Å². The average molecular weight is 271 g/mol. The molecule has 0 aliphatic heterocycles. The number of halogens is 1. The fourth-order valence-electron chi connectivity index (χ4n) is 1.64. The van der Waals surface area contributed by atoms with E-state index >= 15 is 0 Å². The van der Waals surface area contributed by atoms with E-state index in [-0.39, 0.29) is 23.0 Å². The average Bonchev–Trinajstić information content (AvgIpc) is 2.23. The van der Waals surface area contributed by atoms with Crippen molar-refractivity contribution in [2.45, 2.75) is 33.3 Å². The minimum atomic E-state index is -0.550. The SMILES string of the molecule is CC(C)(C)CC(O)CNC(=O)c1ccnc(Cl)c1. The second-order valence-corrected chi connectivity index (χ2v) is 5.88. The summed E-state index contributed by atoms with van der Waals surface area (Å²) in [5, 5.41) is 12.7. The zero-order valence-electron chi connectivity index (χ0n) is 10.9. The van der Waals surface area contributed by atoms with E-state index in [0.29, 0.717) is 12.0 Å². The summed E-state index contributed by atoms with van der Waals surface area (Å²) in [5.74, 6) is -0.257. The van der Waals surface area contributed by atoms with Crippen molar-refractivity contribution in [3.8, 4) is 0 Å². The van der Waals surface area contributed by atoms with Crippen molar-refractivity contribution in [3.05, 3.63) is 29.0 Å². The molecule has 4 nitrogen and oxygen atoms in total. The fourth-order valence-corrected chi connectivity index (χ4v) is 1.81. The maximum atomic E-state index is 11.8. The van der Waals surface area contributed by atoms with Gasteiger partial charge in [0.25, 0.3) is 5.91 Å². The normalized spacial score (nSPS) is 13.2. The smallest absolute Gasteiger partial charge is 0.251 e. The Morgan fingerprint density at radius 1 is 1.56 bits per heavy atom. The van der Waals surface area contributed by atoms with Crippen LogP contribution in [0, 0.1) is 5.41 Å². The van der Waals surface area contributed by atoms with Crippen LogP contribution in [0.1, 0.15) is 37.6 Å². The Kier molecular flexibility index (Phi) is 5.11. The summed E-state index contributed by atoms with van der Waals surface area (Å²) in [6.07, 6.45) is 1.55. The van der Waals surface area contributed by atoms with Crippen molar-refractivity contribution in [2.75, 3.05) is 6.54 Å². The maximum absolute atomic E-state index is 11.8. The van der Waals surface area contributed by atoms with Gasteiger partial charge >= 0.3 is 0 Å². The lowest BCUT2D eigenvalue weighted by Crippen LogP contribution is -2.34. The summed E-state index contributed by atoms with van der Waals surface area (Å²) < 4.78 is 0. The van der Waals surface area contributed by atoms with Crippen LogP contribution in [-0.4, -0.2) is 28.6 Å². The first-order chi connectivity index (χ1) is 8.28. The van der Waals surface area contributed by atoms with Crippen molar-refractivity contribution >= 4 is 17.5 Å². The molecular weight excluding hydrogens is 252 g/mol. The van der Waals surface area contributed by atoms with E-state index in [2.05, 4.69) is 10.3 Å². The topological polar surface area (TPSA) is 62.2 Å². The van der Waals surface area contributed by atoms with E-state index in [1.807, 2.05) is 20.8 Å². The predicted octanol–water partition coefficient (Wildman–Crippen LogP) is 2.26. The maximum Gasteiger partial charge on any atom is 0.251 e. The second kappa shape index (κ2) is 6.16.